The van der Waals surface area contributed by atoms with Gasteiger partial charge in [-0.1, -0.05) is 6.42 Å². The van der Waals surface area contributed by atoms with Crippen molar-refractivity contribution in [2.24, 2.45) is 0 Å². The minimum absolute atomic E-state index is 0.189. The Labute approximate surface area is 114 Å². The molecular weight excluding hydrogens is 248 g/mol. The molecule has 0 rings (SSSR count). The Kier molecular flexibility index (Phi) is 8.95. The van der Waals surface area contributed by atoms with Gasteiger partial charge >= 0.3 is 12.0 Å². The van der Waals surface area contributed by atoms with Crippen LogP contribution in [0.5, 0.6) is 0 Å². The molecule has 0 fully saturated rings. The molecule has 0 aromatic carbocycles. The number of unbranched alkanes of at least 4 members (excludes halogenated alkanes) is 2. The van der Waals surface area contributed by atoms with Crippen molar-refractivity contribution in [3.63, 3.8) is 0 Å². The standard InChI is InChI=1S/C13H26N2O4/c1-4-19-13(2,3)10-15-12(18)14-9-7-5-6-8-11(16)17/h4-10H2,1-3H3,(H,16,17)(H2,14,15,18). The Balaban J connectivity index is 3.52. The number of ether oxygens (including phenoxy) is 1. The van der Waals surface area contributed by atoms with Crippen molar-refractivity contribution in [2.75, 3.05) is 19.7 Å². The third kappa shape index (κ3) is 11.5. The van der Waals surface area contributed by atoms with Crippen molar-refractivity contribution in [1.29, 1.82) is 0 Å². The van der Waals surface area contributed by atoms with Crippen molar-refractivity contribution >= 4 is 12.0 Å². The van der Waals surface area contributed by atoms with E-state index < -0.39 is 5.97 Å². The third-order valence-corrected chi connectivity index (χ3v) is 2.56. The largest absolute Gasteiger partial charge is 0.481 e. The Morgan fingerprint density at radius 1 is 1.16 bits per heavy atom. The second-order valence-electron chi connectivity index (χ2n) is 5.01. The molecule has 0 saturated heterocycles. The van der Waals surface area contributed by atoms with Crippen LogP contribution in [-0.2, 0) is 9.53 Å². The molecule has 19 heavy (non-hydrogen) atoms. The highest BCUT2D eigenvalue weighted by Crippen LogP contribution is 2.06. The third-order valence-electron chi connectivity index (χ3n) is 2.56. The summed E-state index contributed by atoms with van der Waals surface area (Å²) in [7, 11) is 0. The van der Waals surface area contributed by atoms with Gasteiger partial charge in [-0.2, -0.15) is 0 Å². The predicted molar refractivity (Wildman–Crippen MR) is 73.2 cm³/mol. The molecule has 0 atom stereocenters. The van der Waals surface area contributed by atoms with Gasteiger partial charge in [0, 0.05) is 26.1 Å². The quantitative estimate of drug-likeness (QED) is 0.530. The highest BCUT2D eigenvalue weighted by molar-refractivity contribution is 5.73. The smallest absolute Gasteiger partial charge is 0.314 e. The first-order valence-corrected chi connectivity index (χ1v) is 6.75. The fourth-order valence-electron chi connectivity index (χ4n) is 1.58. The monoisotopic (exact) mass is 274 g/mol. The van der Waals surface area contributed by atoms with E-state index >= 15 is 0 Å². The van der Waals surface area contributed by atoms with Gasteiger partial charge in [0.25, 0.3) is 0 Å². The second-order valence-corrected chi connectivity index (χ2v) is 5.01. The van der Waals surface area contributed by atoms with E-state index in [-0.39, 0.29) is 18.1 Å². The molecule has 3 N–H and O–H groups in total. The summed E-state index contributed by atoms with van der Waals surface area (Å²) in [6.07, 6.45) is 2.43. The van der Waals surface area contributed by atoms with Crippen LogP contribution in [0.15, 0.2) is 0 Å². The summed E-state index contributed by atoms with van der Waals surface area (Å²) in [6, 6.07) is -0.217. The zero-order chi connectivity index (χ0) is 14.7. The van der Waals surface area contributed by atoms with E-state index in [0.717, 1.165) is 12.8 Å². The van der Waals surface area contributed by atoms with Gasteiger partial charge < -0.3 is 20.5 Å². The van der Waals surface area contributed by atoms with Gasteiger partial charge in [-0.05, 0) is 33.6 Å². The van der Waals surface area contributed by atoms with E-state index in [9.17, 15) is 9.59 Å². The molecule has 0 radical (unpaired) electrons. The Bertz CT molecular complexity index is 280. The highest BCUT2D eigenvalue weighted by atomic mass is 16.5. The summed E-state index contributed by atoms with van der Waals surface area (Å²) in [6.45, 7) is 7.37. The minimum Gasteiger partial charge on any atom is -0.481 e. The molecule has 112 valence electrons. The second kappa shape index (κ2) is 9.61. The van der Waals surface area contributed by atoms with Gasteiger partial charge in [0.1, 0.15) is 0 Å². The van der Waals surface area contributed by atoms with Gasteiger partial charge in [0.15, 0.2) is 0 Å². The maximum atomic E-state index is 11.5. The lowest BCUT2D eigenvalue weighted by molar-refractivity contribution is -0.137. The first-order chi connectivity index (χ1) is 8.87. The van der Waals surface area contributed by atoms with Crippen LogP contribution in [0.1, 0.15) is 46.5 Å². The molecule has 0 heterocycles. The van der Waals surface area contributed by atoms with Crippen LogP contribution in [0, 0.1) is 0 Å². The summed E-state index contributed by atoms with van der Waals surface area (Å²) in [5.41, 5.74) is -0.367. The van der Waals surface area contributed by atoms with Crippen molar-refractivity contribution in [3.05, 3.63) is 0 Å². The van der Waals surface area contributed by atoms with Gasteiger partial charge in [-0.3, -0.25) is 4.79 Å². The molecule has 0 aromatic rings. The van der Waals surface area contributed by atoms with Crippen molar-refractivity contribution in [2.45, 2.75) is 52.1 Å². The zero-order valence-electron chi connectivity index (χ0n) is 12.1. The summed E-state index contributed by atoms with van der Waals surface area (Å²) in [5.74, 6) is -0.774. The first kappa shape index (κ1) is 17.7. The van der Waals surface area contributed by atoms with E-state index in [0.29, 0.717) is 26.1 Å². The van der Waals surface area contributed by atoms with Gasteiger partial charge in [-0.25, -0.2) is 4.79 Å². The van der Waals surface area contributed by atoms with Crippen LogP contribution < -0.4 is 10.6 Å². The maximum Gasteiger partial charge on any atom is 0.314 e. The molecule has 6 heteroatoms. The minimum atomic E-state index is -0.774. The molecule has 0 unspecified atom stereocenters. The molecule has 0 saturated carbocycles. The summed E-state index contributed by atoms with van der Waals surface area (Å²) >= 11 is 0. The number of rotatable bonds is 10. The number of carboxylic acids is 1. The molecule has 0 aliphatic rings. The van der Waals surface area contributed by atoms with E-state index in [4.69, 9.17) is 9.84 Å². The summed E-state index contributed by atoms with van der Waals surface area (Å²) in [5, 5.41) is 13.9. The number of urea groups is 1. The number of amides is 2. The molecular formula is C13H26N2O4. The lowest BCUT2D eigenvalue weighted by Crippen LogP contribution is -2.44. The predicted octanol–water partition coefficient (Wildman–Crippen LogP) is 1.75. The van der Waals surface area contributed by atoms with E-state index in [2.05, 4.69) is 10.6 Å². The van der Waals surface area contributed by atoms with E-state index in [1.807, 2.05) is 20.8 Å². The molecule has 6 nitrogen and oxygen atoms in total. The Morgan fingerprint density at radius 3 is 2.42 bits per heavy atom. The van der Waals surface area contributed by atoms with Crippen LogP contribution in [0.3, 0.4) is 0 Å². The molecule has 0 aliphatic carbocycles. The lowest BCUT2D eigenvalue weighted by Gasteiger charge is -2.24. The summed E-state index contributed by atoms with van der Waals surface area (Å²) in [4.78, 5) is 21.7. The van der Waals surface area contributed by atoms with E-state index in [1.54, 1.807) is 0 Å². The number of hydrogen-bond donors (Lipinski definition) is 3. The molecule has 0 aliphatic heterocycles. The number of carbonyl (C=O) groups is 2. The van der Waals surface area contributed by atoms with Crippen molar-refractivity contribution in [1.82, 2.24) is 10.6 Å². The first-order valence-electron chi connectivity index (χ1n) is 6.75. The number of aliphatic carboxylic acids is 1. The van der Waals surface area contributed by atoms with Crippen LogP contribution in [-0.4, -0.2) is 42.4 Å². The molecule has 0 bridgehead atoms. The zero-order valence-corrected chi connectivity index (χ0v) is 12.1. The molecule has 0 spiro atoms. The lowest BCUT2D eigenvalue weighted by atomic mass is 10.1. The number of carboxylic acid groups (broad SMARTS) is 1. The van der Waals surface area contributed by atoms with Crippen LogP contribution >= 0.6 is 0 Å². The van der Waals surface area contributed by atoms with Crippen molar-refractivity contribution < 1.29 is 19.4 Å². The number of hydrogen-bond acceptors (Lipinski definition) is 3. The average molecular weight is 274 g/mol. The van der Waals surface area contributed by atoms with Gasteiger partial charge in [-0.15, -0.1) is 0 Å². The van der Waals surface area contributed by atoms with Crippen LogP contribution in [0.25, 0.3) is 0 Å². The molecule has 2 amide bonds. The fraction of sp³-hybridized carbons (Fsp3) is 0.846. The Morgan fingerprint density at radius 2 is 1.84 bits per heavy atom. The normalized spacial score (nSPS) is 11.1. The van der Waals surface area contributed by atoms with Crippen LogP contribution in [0.4, 0.5) is 4.79 Å². The van der Waals surface area contributed by atoms with Gasteiger partial charge in [0.05, 0.1) is 5.60 Å². The number of carbonyl (C=O) groups excluding carboxylic acids is 1. The highest BCUT2D eigenvalue weighted by Gasteiger charge is 2.18. The Hall–Kier alpha value is -1.30. The molecule has 0 aromatic heterocycles. The number of nitrogens with one attached hydrogen (secondary N) is 2. The van der Waals surface area contributed by atoms with Gasteiger partial charge in [0.2, 0.25) is 0 Å². The van der Waals surface area contributed by atoms with Crippen molar-refractivity contribution in [3.8, 4) is 0 Å². The van der Waals surface area contributed by atoms with Crippen LogP contribution in [0.2, 0.25) is 0 Å². The fourth-order valence-corrected chi connectivity index (χ4v) is 1.58. The maximum absolute atomic E-state index is 11.5. The van der Waals surface area contributed by atoms with E-state index in [1.165, 1.54) is 0 Å². The topological polar surface area (TPSA) is 87.7 Å². The SMILES string of the molecule is CCOC(C)(C)CNC(=O)NCCCCCC(=O)O. The summed E-state index contributed by atoms with van der Waals surface area (Å²) < 4.78 is 5.46. The average Bonchev–Trinajstić information content (AvgIpc) is 2.31.